The van der Waals surface area contributed by atoms with Gasteiger partial charge in [-0.15, -0.1) is 11.6 Å². The smallest absolute Gasteiger partial charge is 0.122 e. The van der Waals surface area contributed by atoms with Crippen LogP contribution in [0, 0.1) is 18.8 Å². The largest absolute Gasteiger partial charge is 0.492 e. The van der Waals surface area contributed by atoms with Crippen LogP contribution >= 0.6 is 11.6 Å². The summed E-state index contributed by atoms with van der Waals surface area (Å²) in [6.07, 6.45) is 4.76. The Balaban J connectivity index is 1.82. The fraction of sp³-hybridized carbons (Fsp3) is 0.556. The van der Waals surface area contributed by atoms with Crippen LogP contribution < -0.4 is 4.74 Å². The molecule has 1 aromatic rings. The van der Waals surface area contributed by atoms with Gasteiger partial charge in [0.25, 0.3) is 0 Å². The maximum atomic E-state index is 5.91. The molecule has 2 nitrogen and oxygen atoms in total. The SMILES string of the molecule is Cc1cc(C#CCCCl)ccc1OCCN1CCCCC1. The summed E-state index contributed by atoms with van der Waals surface area (Å²) in [4.78, 5) is 2.49. The van der Waals surface area contributed by atoms with Crippen LogP contribution in [-0.4, -0.2) is 37.0 Å². The highest BCUT2D eigenvalue weighted by molar-refractivity contribution is 6.18. The van der Waals surface area contributed by atoms with Gasteiger partial charge in [0.1, 0.15) is 12.4 Å². The number of hydrogen-bond donors (Lipinski definition) is 0. The van der Waals surface area contributed by atoms with E-state index in [0.29, 0.717) is 5.88 Å². The maximum absolute atomic E-state index is 5.91. The van der Waals surface area contributed by atoms with Gasteiger partial charge in [0.05, 0.1) is 0 Å². The van der Waals surface area contributed by atoms with Crippen LogP contribution in [0.15, 0.2) is 18.2 Å². The van der Waals surface area contributed by atoms with Crippen LogP contribution in [0.1, 0.15) is 36.8 Å². The van der Waals surface area contributed by atoms with Gasteiger partial charge in [-0.3, -0.25) is 4.90 Å². The molecule has 3 heteroatoms. The molecule has 1 heterocycles. The predicted molar refractivity (Wildman–Crippen MR) is 89.2 cm³/mol. The van der Waals surface area contributed by atoms with Crippen LogP contribution in [0.2, 0.25) is 0 Å². The maximum Gasteiger partial charge on any atom is 0.122 e. The van der Waals surface area contributed by atoms with Gasteiger partial charge < -0.3 is 4.74 Å². The molecular weight excluding hydrogens is 282 g/mol. The predicted octanol–water partition coefficient (Wildman–Crippen LogP) is 3.84. The Morgan fingerprint density at radius 2 is 2.05 bits per heavy atom. The van der Waals surface area contributed by atoms with E-state index in [1.807, 2.05) is 12.1 Å². The highest BCUT2D eigenvalue weighted by Crippen LogP contribution is 2.19. The standard InChI is InChI=1S/C18H24ClNO/c1-16-15-17(7-3-4-10-19)8-9-18(16)21-14-13-20-11-5-2-6-12-20/h8-9,15H,2,4-6,10-14H2,1H3. The number of rotatable bonds is 5. The van der Waals surface area contributed by atoms with E-state index in [-0.39, 0.29) is 0 Å². The van der Waals surface area contributed by atoms with Crippen LogP contribution in [0.4, 0.5) is 0 Å². The average molecular weight is 306 g/mol. The summed E-state index contributed by atoms with van der Waals surface area (Å²) in [5, 5.41) is 0. The first-order valence-corrected chi connectivity index (χ1v) is 8.33. The van der Waals surface area contributed by atoms with Crippen LogP contribution in [-0.2, 0) is 0 Å². The molecule has 1 saturated heterocycles. The molecule has 0 N–H and O–H groups in total. The molecule has 0 aliphatic carbocycles. The van der Waals surface area contributed by atoms with Gasteiger partial charge in [-0.1, -0.05) is 18.3 Å². The van der Waals surface area contributed by atoms with Crippen molar-refractivity contribution in [3.05, 3.63) is 29.3 Å². The summed E-state index contributed by atoms with van der Waals surface area (Å²) in [7, 11) is 0. The van der Waals surface area contributed by atoms with Gasteiger partial charge in [0.15, 0.2) is 0 Å². The number of nitrogens with zero attached hydrogens (tertiary/aromatic N) is 1. The number of aryl methyl sites for hydroxylation is 1. The summed E-state index contributed by atoms with van der Waals surface area (Å²) in [5.41, 5.74) is 2.17. The number of piperidine rings is 1. The molecule has 0 saturated carbocycles. The molecule has 0 spiro atoms. The highest BCUT2D eigenvalue weighted by atomic mass is 35.5. The van der Waals surface area contributed by atoms with Gasteiger partial charge >= 0.3 is 0 Å². The second kappa shape index (κ2) is 8.97. The molecule has 2 rings (SSSR count). The lowest BCUT2D eigenvalue weighted by Gasteiger charge is -2.26. The minimum absolute atomic E-state index is 0.587. The van der Waals surface area contributed by atoms with Crippen molar-refractivity contribution < 1.29 is 4.74 Å². The quantitative estimate of drug-likeness (QED) is 0.605. The molecule has 1 aliphatic heterocycles. The molecule has 114 valence electrons. The zero-order chi connectivity index (χ0) is 14.9. The molecule has 0 bridgehead atoms. The van der Waals surface area contributed by atoms with Crippen molar-refractivity contribution in [2.75, 3.05) is 32.1 Å². The molecule has 0 unspecified atom stereocenters. The second-order valence-electron chi connectivity index (χ2n) is 5.47. The lowest BCUT2D eigenvalue weighted by Crippen LogP contribution is -2.33. The third kappa shape index (κ3) is 5.61. The van der Waals surface area contributed by atoms with Crippen LogP contribution in [0.5, 0.6) is 5.75 Å². The first-order valence-electron chi connectivity index (χ1n) is 7.80. The van der Waals surface area contributed by atoms with Crippen molar-refractivity contribution in [2.24, 2.45) is 0 Å². The Kier molecular flexibility index (Phi) is 6.92. The van der Waals surface area contributed by atoms with Crippen molar-refractivity contribution in [3.8, 4) is 17.6 Å². The lowest BCUT2D eigenvalue weighted by molar-refractivity contribution is 0.183. The zero-order valence-electron chi connectivity index (χ0n) is 12.8. The third-order valence-corrected chi connectivity index (χ3v) is 3.93. The number of halogens is 1. The number of ether oxygens (including phenoxy) is 1. The van der Waals surface area contributed by atoms with Crippen molar-refractivity contribution in [1.82, 2.24) is 4.90 Å². The van der Waals surface area contributed by atoms with Gasteiger partial charge in [-0.2, -0.15) is 0 Å². The fourth-order valence-corrected chi connectivity index (χ4v) is 2.66. The molecule has 0 amide bonds. The fourth-order valence-electron chi connectivity index (χ4n) is 2.57. The van der Waals surface area contributed by atoms with Crippen molar-refractivity contribution in [2.45, 2.75) is 32.6 Å². The zero-order valence-corrected chi connectivity index (χ0v) is 13.6. The minimum Gasteiger partial charge on any atom is -0.492 e. The van der Waals surface area contributed by atoms with E-state index >= 15 is 0 Å². The minimum atomic E-state index is 0.587. The normalized spacial score (nSPS) is 15.3. The van der Waals surface area contributed by atoms with Gasteiger partial charge in [-0.05, 0) is 56.6 Å². The Labute approximate surface area is 133 Å². The molecule has 0 aromatic heterocycles. The Morgan fingerprint density at radius 1 is 1.24 bits per heavy atom. The summed E-state index contributed by atoms with van der Waals surface area (Å²) in [5.74, 6) is 7.73. The molecule has 1 fully saturated rings. The van der Waals surface area contributed by atoms with Gasteiger partial charge in [0.2, 0.25) is 0 Å². The van der Waals surface area contributed by atoms with Crippen LogP contribution in [0.3, 0.4) is 0 Å². The van der Waals surface area contributed by atoms with Gasteiger partial charge in [-0.25, -0.2) is 0 Å². The van der Waals surface area contributed by atoms with E-state index in [1.165, 1.54) is 32.4 Å². The molecule has 1 aliphatic rings. The first kappa shape index (κ1) is 16.2. The van der Waals surface area contributed by atoms with Gasteiger partial charge in [0, 0.05) is 24.4 Å². The average Bonchev–Trinajstić information content (AvgIpc) is 2.51. The monoisotopic (exact) mass is 305 g/mol. The van der Waals surface area contributed by atoms with E-state index in [2.05, 4.69) is 29.7 Å². The highest BCUT2D eigenvalue weighted by Gasteiger charge is 2.09. The molecule has 0 atom stereocenters. The number of alkyl halides is 1. The topological polar surface area (TPSA) is 12.5 Å². The van der Waals surface area contributed by atoms with Crippen molar-refractivity contribution in [3.63, 3.8) is 0 Å². The Bertz CT molecular complexity index is 498. The summed E-state index contributed by atoms with van der Waals surface area (Å²) >= 11 is 5.62. The number of likely N-dealkylation sites (tertiary alicyclic amines) is 1. The molecule has 21 heavy (non-hydrogen) atoms. The second-order valence-corrected chi connectivity index (χ2v) is 5.85. The van der Waals surface area contributed by atoms with E-state index < -0.39 is 0 Å². The molecule has 0 radical (unpaired) electrons. The van der Waals surface area contributed by atoms with E-state index in [9.17, 15) is 0 Å². The van der Waals surface area contributed by atoms with Crippen molar-refractivity contribution >= 4 is 11.6 Å². The Morgan fingerprint density at radius 3 is 2.76 bits per heavy atom. The number of hydrogen-bond acceptors (Lipinski definition) is 2. The summed E-state index contributed by atoms with van der Waals surface area (Å²) in [6, 6.07) is 6.12. The summed E-state index contributed by atoms with van der Waals surface area (Å²) in [6.45, 7) is 6.30. The molecule has 1 aromatic carbocycles. The third-order valence-electron chi connectivity index (χ3n) is 3.74. The van der Waals surface area contributed by atoms with E-state index in [0.717, 1.165) is 36.4 Å². The lowest BCUT2D eigenvalue weighted by atomic mass is 10.1. The first-order chi connectivity index (χ1) is 10.3. The van der Waals surface area contributed by atoms with Crippen molar-refractivity contribution in [1.29, 1.82) is 0 Å². The van der Waals surface area contributed by atoms with E-state index in [1.54, 1.807) is 0 Å². The number of benzene rings is 1. The summed E-state index contributed by atoms with van der Waals surface area (Å²) < 4.78 is 5.91. The molecular formula is C18H24ClNO. The van der Waals surface area contributed by atoms with Crippen LogP contribution in [0.25, 0.3) is 0 Å². The van der Waals surface area contributed by atoms with E-state index in [4.69, 9.17) is 16.3 Å². The Hall–Kier alpha value is -1.17.